The Morgan fingerprint density at radius 3 is 2.45 bits per heavy atom. The first-order valence-electron chi connectivity index (χ1n) is 10.1. The lowest BCUT2D eigenvalue weighted by atomic mass is 9.89. The number of hydrogen-bond donors (Lipinski definition) is 6. The van der Waals surface area contributed by atoms with Crippen LogP contribution in [0.15, 0.2) is 35.9 Å². The van der Waals surface area contributed by atoms with Gasteiger partial charge in [0.2, 0.25) is 11.8 Å². The van der Waals surface area contributed by atoms with Crippen molar-refractivity contribution in [3.8, 4) is 5.75 Å². The van der Waals surface area contributed by atoms with Crippen LogP contribution in [0.25, 0.3) is 0 Å². The number of urea groups is 1. The zero-order valence-electron chi connectivity index (χ0n) is 17.2. The van der Waals surface area contributed by atoms with Crippen molar-refractivity contribution in [3.05, 3.63) is 35.9 Å². The molecular formula is C20H23F3N4O6. The number of amides is 4. The minimum Gasteiger partial charge on any atom is -0.406 e. The van der Waals surface area contributed by atoms with E-state index in [9.17, 15) is 37.8 Å². The molecule has 0 radical (unpaired) electrons. The van der Waals surface area contributed by atoms with E-state index in [4.69, 9.17) is 0 Å². The third kappa shape index (κ3) is 6.83. The van der Waals surface area contributed by atoms with Crippen LogP contribution in [0.4, 0.5) is 23.7 Å². The van der Waals surface area contributed by atoms with E-state index in [-0.39, 0.29) is 23.6 Å². The van der Waals surface area contributed by atoms with Gasteiger partial charge in [0.1, 0.15) is 17.9 Å². The number of anilines is 1. The molecule has 1 fully saturated rings. The molecule has 3 rings (SSSR count). The third-order valence-corrected chi connectivity index (χ3v) is 5.10. The number of alkyl halides is 3. The van der Waals surface area contributed by atoms with Crippen LogP contribution in [-0.2, 0) is 9.59 Å². The topological polar surface area (TPSA) is 149 Å². The summed E-state index contributed by atoms with van der Waals surface area (Å²) in [5.41, 5.74) is 0.225. The fourth-order valence-corrected chi connectivity index (χ4v) is 3.48. The van der Waals surface area contributed by atoms with E-state index >= 15 is 0 Å². The van der Waals surface area contributed by atoms with Gasteiger partial charge in [-0.1, -0.05) is 6.08 Å². The highest BCUT2D eigenvalue weighted by atomic mass is 19.4. The number of rotatable bonds is 5. The van der Waals surface area contributed by atoms with Crippen LogP contribution in [0.5, 0.6) is 5.75 Å². The van der Waals surface area contributed by atoms with Gasteiger partial charge in [-0.05, 0) is 37.1 Å². The van der Waals surface area contributed by atoms with Crippen molar-refractivity contribution in [3.63, 3.8) is 0 Å². The van der Waals surface area contributed by atoms with Crippen LogP contribution in [0, 0.1) is 0 Å². The molecule has 0 unspecified atom stereocenters. The molecule has 10 nitrogen and oxygen atoms in total. The van der Waals surface area contributed by atoms with E-state index < -0.39 is 48.3 Å². The van der Waals surface area contributed by atoms with E-state index in [0.717, 1.165) is 12.1 Å². The molecule has 1 aromatic carbocycles. The predicted molar refractivity (Wildman–Crippen MR) is 108 cm³/mol. The highest BCUT2D eigenvalue weighted by Gasteiger charge is 2.35. The number of piperidine rings is 1. The first kappa shape index (κ1) is 24.3. The zero-order chi connectivity index (χ0) is 24.2. The summed E-state index contributed by atoms with van der Waals surface area (Å²) in [5.74, 6) is -1.38. The predicted octanol–water partition coefficient (Wildman–Crippen LogP) is 0.522. The van der Waals surface area contributed by atoms with Gasteiger partial charge in [0.05, 0.1) is 12.1 Å². The van der Waals surface area contributed by atoms with E-state index in [2.05, 4.69) is 26.0 Å². The average molecular weight is 472 g/mol. The Bertz CT molecular complexity index is 921. The Kier molecular flexibility index (Phi) is 7.43. The summed E-state index contributed by atoms with van der Waals surface area (Å²) in [5, 5.41) is 30.3. The van der Waals surface area contributed by atoms with Crippen molar-refractivity contribution < 1.29 is 42.5 Å². The molecule has 0 aromatic heterocycles. The van der Waals surface area contributed by atoms with E-state index in [0.29, 0.717) is 19.4 Å². The normalized spacial score (nSPS) is 25.4. The number of ether oxygens (including phenoxy) is 1. The molecule has 0 spiro atoms. The van der Waals surface area contributed by atoms with Crippen molar-refractivity contribution in [1.29, 1.82) is 0 Å². The highest BCUT2D eigenvalue weighted by molar-refractivity contribution is 5.97. The highest BCUT2D eigenvalue weighted by Crippen LogP contribution is 2.24. The van der Waals surface area contributed by atoms with Crippen LogP contribution >= 0.6 is 0 Å². The lowest BCUT2D eigenvalue weighted by molar-refractivity contribution is -0.274. The Morgan fingerprint density at radius 2 is 1.82 bits per heavy atom. The van der Waals surface area contributed by atoms with Gasteiger partial charge in [0.15, 0.2) is 0 Å². The standard InChI is InChI=1S/C20H23F3N4O6/c21-20(22,23)33-12-5-3-11(4-6-12)25-19(32)27-14-8-10(9-15(28)16(14)29)17(30)26-13-2-1-7-24-18(13)31/h3-6,8,13-16,28-29H,1-2,7,9H2,(H,24,31)(H,26,30)(H2,25,27,32)/t13-,14+,15-,16-/m1/s1. The molecule has 1 saturated heterocycles. The summed E-state index contributed by atoms with van der Waals surface area (Å²) in [4.78, 5) is 36.7. The maximum absolute atomic E-state index is 12.5. The number of hydrogen-bond acceptors (Lipinski definition) is 6. The molecule has 180 valence electrons. The lowest BCUT2D eigenvalue weighted by Gasteiger charge is -2.31. The third-order valence-electron chi connectivity index (χ3n) is 5.10. The molecule has 33 heavy (non-hydrogen) atoms. The van der Waals surface area contributed by atoms with Gasteiger partial charge < -0.3 is 36.2 Å². The van der Waals surface area contributed by atoms with Crippen LogP contribution in [0.2, 0.25) is 0 Å². The number of benzene rings is 1. The van der Waals surface area contributed by atoms with Gasteiger partial charge in [0, 0.05) is 24.2 Å². The van der Waals surface area contributed by atoms with E-state index in [1.807, 2.05) is 0 Å². The number of carbonyl (C=O) groups excluding carboxylic acids is 3. The molecule has 1 aliphatic carbocycles. The van der Waals surface area contributed by atoms with Gasteiger partial charge in [0.25, 0.3) is 0 Å². The van der Waals surface area contributed by atoms with Crippen LogP contribution in [0.3, 0.4) is 0 Å². The van der Waals surface area contributed by atoms with Crippen molar-refractivity contribution >= 4 is 23.5 Å². The maximum Gasteiger partial charge on any atom is 0.573 e. The van der Waals surface area contributed by atoms with Crippen molar-refractivity contribution in [2.45, 2.75) is 49.9 Å². The number of nitrogens with one attached hydrogen (secondary N) is 4. The molecular weight excluding hydrogens is 449 g/mol. The Balaban J connectivity index is 1.61. The average Bonchev–Trinajstić information content (AvgIpc) is 2.73. The molecule has 1 heterocycles. The second kappa shape index (κ2) is 10.1. The van der Waals surface area contributed by atoms with Crippen LogP contribution in [0.1, 0.15) is 19.3 Å². The molecule has 4 atom stereocenters. The van der Waals surface area contributed by atoms with Gasteiger partial charge >= 0.3 is 12.4 Å². The van der Waals surface area contributed by atoms with Crippen molar-refractivity contribution in [2.75, 3.05) is 11.9 Å². The fraction of sp³-hybridized carbons (Fsp3) is 0.450. The van der Waals surface area contributed by atoms with Crippen molar-refractivity contribution in [2.24, 2.45) is 0 Å². The number of aliphatic hydroxyl groups is 2. The van der Waals surface area contributed by atoms with Crippen LogP contribution < -0.4 is 26.0 Å². The first-order valence-corrected chi connectivity index (χ1v) is 10.1. The van der Waals surface area contributed by atoms with E-state index in [1.54, 1.807) is 0 Å². The van der Waals surface area contributed by atoms with Crippen LogP contribution in [-0.4, -0.2) is 65.3 Å². The molecule has 0 saturated carbocycles. The fourth-order valence-electron chi connectivity index (χ4n) is 3.48. The Labute approximate surface area is 186 Å². The molecule has 1 aliphatic heterocycles. The molecule has 2 aliphatic rings. The quantitative estimate of drug-likeness (QED) is 0.368. The summed E-state index contributed by atoms with van der Waals surface area (Å²) in [6.07, 6.45) is -5.33. The largest absolute Gasteiger partial charge is 0.573 e. The second-order valence-corrected chi connectivity index (χ2v) is 7.61. The summed E-state index contributed by atoms with van der Waals surface area (Å²) in [6, 6.07) is 1.68. The van der Waals surface area contributed by atoms with Gasteiger partial charge in [-0.3, -0.25) is 9.59 Å². The van der Waals surface area contributed by atoms with Gasteiger partial charge in [-0.2, -0.15) is 0 Å². The second-order valence-electron chi connectivity index (χ2n) is 7.61. The summed E-state index contributed by atoms with van der Waals surface area (Å²) < 4.78 is 40.4. The van der Waals surface area contributed by atoms with Gasteiger partial charge in [-0.25, -0.2) is 4.79 Å². The summed E-state index contributed by atoms with van der Waals surface area (Å²) >= 11 is 0. The number of carbonyl (C=O) groups is 3. The Hall–Kier alpha value is -3.32. The smallest absolute Gasteiger partial charge is 0.406 e. The van der Waals surface area contributed by atoms with Crippen molar-refractivity contribution in [1.82, 2.24) is 16.0 Å². The van der Waals surface area contributed by atoms with E-state index in [1.165, 1.54) is 18.2 Å². The number of aliphatic hydroxyl groups excluding tert-OH is 2. The first-order chi connectivity index (χ1) is 15.5. The molecule has 6 N–H and O–H groups in total. The lowest BCUT2D eigenvalue weighted by Crippen LogP contribution is -2.54. The zero-order valence-corrected chi connectivity index (χ0v) is 17.2. The summed E-state index contributed by atoms with van der Waals surface area (Å²) in [7, 11) is 0. The molecule has 13 heteroatoms. The summed E-state index contributed by atoms with van der Waals surface area (Å²) in [6.45, 7) is 0.526. The number of halogens is 3. The van der Waals surface area contributed by atoms with Gasteiger partial charge in [-0.15, -0.1) is 13.2 Å². The molecule has 1 aromatic rings. The SMILES string of the molecule is O=C(Nc1ccc(OC(F)(F)F)cc1)N[C@H]1C=C(C(=O)N[C@@H]2CCCNC2=O)C[C@@H](O)[C@@H]1O. The molecule has 0 bridgehead atoms. The monoisotopic (exact) mass is 472 g/mol. The minimum atomic E-state index is -4.85. The molecule has 4 amide bonds. The maximum atomic E-state index is 12.5. The Morgan fingerprint density at radius 1 is 1.12 bits per heavy atom. The minimum absolute atomic E-state index is 0.0881.